The van der Waals surface area contributed by atoms with Gasteiger partial charge in [0.15, 0.2) is 0 Å². The Kier molecular flexibility index (Phi) is 4.06. The molecular formula is C21H19F2N3O. The van der Waals surface area contributed by atoms with Crippen molar-refractivity contribution in [3.63, 3.8) is 0 Å². The van der Waals surface area contributed by atoms with Crippen molar-refractivity contribution in [2.24, 2.45) is 0 Å². The van der Waals surface area contributed by atoms with E-state index in [1.165, 1.54) is 0 Å². The molecule has 0 saturated heterocycles. The number of halogens is 2. The Bertz CT molecular complexity index is 1040. The molecule has 1 amide bonds. The predicted octanol–water partition coefficient (Wildman–Crippen LogP) is 4.32. The van der Waals surface area contributed by atoms with Crippen LogP contribution in [0.5, 0.6) is 0 Å². The minimum Gasteiger partial charge on any atom is -0.384 e. The Balaban J connectivity index is 1.62. The summed E-state index contributed by atoms with van der Waals surface area (Å²) < 4.78 is 25.9. The molecule has 0 aliphatic heterocycles. The highest BCUT2D eigenvalue weighted by Crippen LogP contribution is 2.37. The van der Waals surface area contributed by atoms with Gasteiger partial charge in [0.2, 0.25) is 0 Å². The number of nitrogens with two attached hydrogens (primary N) is 1. The van der Waals surface area contributed by atoms with E-state index < -0.39 is 12.0 Å². The summed E-state index contributed by atoms with van der Waals surface area (Å²) in [7, 11) is 0. The van der Waals surface area contributed by atoms with E-state index in [1.807, 2.05) is 37.3 Å². The number of hydrogen-bond donors (Lipinski definition) is 2. The number of carbonyl (C=O) groups is 1. The number of hydrogen-bond acceptors (Lipinski definition) is 3. The number of carbonyl (C=O) groups excluding carboxylic acids is 1. The molecule has 0 radical (unpaired) electrons. The van der Waals surface area contributed by atoms with Crippen molar-refractivity contribution >= 4 is 22.5 Å². The van der Waals surface area contributed by atoms with E-state index >= 15 is 0 Å². The first-order valence-corrected chi connectivity index (χ1v) is 8.76. The van der Waals surface area contributed by atoms with Crippen molar-refractivity contribution in [3.8, 4) is 11.1 Å². The van der Waals surface area contributed by atoms with Gasteiger partial charge in [-0.2, -0.15) is 0 Å². The summed E-state index contributed by atoms with van der Waals surface area (Å²) in [6.45, 7) is 1.97. The number of nitrogen functional groups attached to an aromatic ring is 1. The predicted molar refractivity (Wildman–Crippen MR) is 102 cm³/mol. The molecule has 1 heterocycles. The minimum absolute atomic E-state index is 0.293. The van der Waals surface area contributed by atoms with Crippen molar-refractivity contribution in [1.29, 1.82) is 0 Å². The first-order chi connectivity index (χ1) is 12.8. The fourth-order valence-electron chi connectivity index (χ4n) is 3.43. The van der Waals surface area contributed by atoms with Gasteiger partial charge in [0.1, 0.15) is 5.82 Å². The van der Waals surface area contributed by atoms with Crippen LogP contribution in [0.4, 0.5) is 14.6 Å². The molecular weight excluding hydrogens is 348 g/mol. The van der Waals surface area contributed by atoms with Crippen LogP contribution in [-0.4, -0.2) is 22.9 Å². The van der Waals surface area contributed by atoms with Crippen LogP contribution in [0.15, 0.2) is 48.7 Å². The maximum Gasteiger partial charge on any atom is 0.252 e. The summed E-state index contributed by atoms with van der Waals surface area (Å²) >= 11 is 0. The molecule has 4 nitrogen and oxygen atoms in total. The van der Waals surface area contributed by atoms with Crippen molar-refractivity contribution < 1.29 is 13.6 Å². The summed E-state index contributed by atoms with van der Waals surface area (Å²) in [5.74, 6) is -2.52. The van der Waals surface area contributed by atoms with E-state index in [4.69, 9.17) is 5.73 Å². The Labute approximate surface area is 155 Å². The van der Waals surface area contributed by atoms with Crippen LogP contribution in [-0.2, 0) is 0 Å². The summed E-state index contributed by atoms with van der Waals surface area (Å²) in [6, 6.07) is 12.7. The van der Waals surface area contributed by atoms with Crippen molar-refractivity contribution in [1.82, 2.24) is 10.3 Å². The lowest BCUT2D eigenvalue weighted by atomic mass is 9.88. The van der Waals surface area contributed by atoms with Crippen LogP contribution in [0.3, 0.4) is 0 Å². The van der Waals surface area contributed by atoms with Gasteiger partial charge in [0.25, 0.3) is 11.8 Å². The topological polar surface area (TPSA) is 68.0 Å². The fraction of sp³-hybridized carbons (Fsp3) is 0.238. The second-order valence-electron chi connectivity index (χ2n) is 7.14. The van der Waals surface area contributed by atoms with Crippen LogP contribution >= 0.6 is 0 Å². The number of amides is 1. The third-order valence-corrected chi connectivity index (χ3v) is 4.98. The maximum atomic E-state index is 13.0. The SMILES string of the molecule is Cc1ccc(C(=O)NC2CC(F)(F)C2)cc1-c1ccc2cc(N)ncc2c1. The lowest BCUT2D eigenvalue weighted by Crippen LogP contribution is -2.50. The monoisotopic (exact) mass is 367 g/mol. The van der Waals surface area contributed by atoms with E-state index in [2.05, 4.69) is 10.3 Å². The van der Waals surface area contributed by atoms with Crippen LogP contribution in [0.1, 0.15) is 28.8 Å². The molecule has 0 atom stereocenters. The third kappa shape index (κ3) is 3.47. The third-order valence-electron chi connectivity index (χ3n) is 4.98. The first-order valence-electron chi connectivity index (χ1n) is 8.76. The van der Waals surface area contributed by atoms with Crippen LogP contribution in [0, 0.1) is 6.92 Å². The van der Waals surface area contributed by atoms with E-state index in [0.29, 0.717) is 11.4 Å². The van der Waals surface area contributed by atoms with Gasteiger partial charge in [-0.3, -0.25) is 4.79 Å². The van der Waals surface area contributed by atoms with Crippen LogP contribution in [0.2, 0.25) is 0 Å². The zero-order valence-electron chi connectivity index (χ0n) is 14.8. The van der Waals surface area contributed by atoms with Crippen LogP contribution in [0.25, 0.3) is 21.9 Å². The second-order valence-corrected chi connectivity index (χ2v) is 7.14. The molecule has 3 aromatic rings. The molecule has 1 fully saturated rings. The Morgan fingerprint density at radius 1 is 1.15 bits per heavy atom. The molecule has 0 bridgehead atoms. The molecule has 1 aliphatic carbocycles. The van der Waals surface area contributed by atoms with Crippen molar-refractivity contribution in [2.75, 3.05) is 5.73 Å². The Hall–Kier alpha value is -3.02. The smallest absolute Gasteiger partial charge is 0.252 e. The van der Waals surface area contributed by atoms with Gasteiger partial charge in [-0.25, -0.2) is 13.8 Å². The molecule has 1 saturated carbocycles. The van der Waals surface area contributed by atoms with Gasteiger partial charge >= 0.3 is 0 Å². The number of anilines is 1. The van der Waals surface area contributed by atoms with E-state index in [9.17, 15) is 13.6 Å². The molecule has 0 spiro atoms. The molecule has 1 aromatic heterocycles. The standard InChI is InChI=1S/C21H19F2N3O/c1-12-2-3-15(20(27)26-17-9-21(22,23)10-17)7-18(12)14-5-4-13-8-19(24)25-11-16(13)6-14/h2-8,11,17H,9-10H2,1H3,(H2,24,25)(H,26,27). The highest BCUT2D eigenvalue weighted by Gasteiger charge is 2.45. The van der Waals surface area contributed by atoms with Gasteiger partial charge < -0.3 is 11.1 Å². The fourth-order valence-corrected chi connectivity index (χ4v) is 3.43. The molecule has 138 valence electrons. The lowest BCUT2D eigenvalue weighted by Gasteiger charge is -2.35. The Morgan fingerprint density at radius 3 is 2.67 bits per heavy atom. The minimum atomic E-state index is -2.65. The van der Waals surface area contributed by atoms with Crippen LogP contribution < -0.4 is 11.1 Å². The van der Waals surface area contributed by atoms with E-state index in [-0.39, 0.29) is 18.7 Å². The van der Waals surface area contributed by atoms with Gasteiger partial charge in [0.05, 0.1) is 0 Å². The van der Waals surface area contributed by atoms with E-state index in [1.54, 1.807) is 18.3 Å². The summed E-state index contributed by atoms with van der Waals surface area (Å²) in [4.78, 5) is 16.5. The lowest BCUT2D eigenvalue weighted by molar-refractivity contribution is -0.0901. The molecule has 4 rings (SSSR count). The highest BCUT2D eigenvalue weighted by atomic mass is 19.3. The normalized spacial score (nSPS) is 16.1. The molecule has 3 N–H and O–H groups in total. The first kappa shape index (κ1) is 17.4. The van der Waals surface area contributed by atoms with Crippen molar-refractivity contribution in [2.45, 2.75) is 31.7 Å². The summed E-state index contributed by atoms with van der Waals surface area (Å²) in [6.07, 6.45) is 1.13. The molecule has 0 unspecified atom stereocenters. The number of pyridine rings is 1. The van der Waals surface area contributed by atoms with Gasteiger partial charge in [-0.05, 0) is 53.3 Å². The molecule has 1 aliphatic rings. The number of rotatable bonds is 3. The van der Waals surface area contributed by atoms with Crippen molar-refractivity contribution in [3.05, 3.63) is 59.8 Å². The summed E-state index contributed by atoms with van der Waals surface area (Å²) in [5, 5.41) is 4.62. The van der Waals surface area contributed by atoms with E-state index in [0.717, 1.165) is 27.5 Å². The number of alkyl halides is 2. The Morgan fingerprint density at radius 2 is 1.93 bits per heavy atom. The average molecular weight is 367 g/mol. The van der Waals surface area contributed by atoms with Gasteiger partial charge in [-0.15, -0.1) is 0 Å². The number of fused-ring (bicyclic) bond motifs is 1. The number of aryl methyl sites for hydroxylation is 1. The summed E-state index contributed by atoms with van der Waals surface area (Å²) in [5.41, 5.74) is 9.07. The molecule has 2 aromatic carbocycles. The largest absolute Gasteiger partial charge is 0.384 e. The number of nitrogens with zero attached hydrogens (tertiary/aromatic N) is 1. The maximum absolute atomic E-state index is 13.0. The number of benzene rings is 2. The number of nitrogens with one attached hydrogen (secondary N) is 1. The zero-order valence-corrected chi connectivity index (χ0v) is 14.8. The van der Waals surface area contributed by atoms with Gasteiger partial charge in [0, 0.05) is 36.0 Å². The average Bonchev–Trinajstić information content (AvgIpc) is 2.60. The molecule has 27 heavy (non-hydrogen) atoms. The highest BCUT2D eigenvalue weighted by molar-refractivity contribution is 5.96. The quantitative estimate of drug-likeness (QED) is 0.724. The second kappa shape index (κ2) is 6.30. The zero-order chi connectivity index (χ0) is 19.2. The number of aromatic nitrogens is 1. The molecule has 6 heteroatoms. The van der Waals surface area contributed by atoms with Gasteiger partial charge in [-0.1, -0.05) is 18.2 Å².